The van der Waals surface area contributed by atoms with Crippen molar-refractivity contribution in [2.24, 2.45) is 0 Å². The number of rotatable bonds is 6. The second kappa shape index (κ2) is 8.28. The summed E-state index contributed by atoms with van der Waals surface area (Å²) in [6, 6.07) is 14.5. The summed E-state index contributed by atoms with van der Waals surface area (Å²) in [5.74, 6) is -0.442. The maximum absolute atomic E-state index is 12.6. The van der Waals surface area contributed by atoms with Crippen molar-refractivity contribution in [3.63, 3.8) is 0 Å². The number of nitrogens with one attached hydrogen (secondary N) is 1. The van der Waals surface area contributed by atoms with Crippen LogP contribution in [0.1, 0.15) is 39.1 Å². The van der Waals surface area contributed by atoms with Gasteiger partial charge in [-0.05, 0) is 42.7 Å². The van der Waals surface area contributed by atoms with E-state index in [0.717, 1.165) is 29.1 Å². The van der Waals surface area contributed by atoms with Crippen LogP contribution >= 0.6 is 0 Å². The van der Waals surface area contributed by atoms with Crippen molar-refractivity contribution < 1.29 is 23.9 Å². The van der Waals surface area contributed by atoms with Crippen molar-refractivity contribution in [2.75, 3.05) is 33.4 Å². The third-order valence-corrected chi connectivity index (χ3v) is 5.96. The molecule has 0 spiro atoms. The van der Waals surface area contributed by atoms with Crippen LogP contribution in [0.15, 0.2) is 48.5 Å². The van der Waals surface area contributed by atoms with Gasteiger partial charge in [0.25, 0.3) is 11.8 Å². The second-order valence-corrected chi connectivity index (χ2v) is 7.64. The first-order chi connectivity index (χ1) is 14.5. The highest BCUT2D eigenvalue weighted by molar-refractivity contribution is 6.22. The van der Waals surface area contributed by atoms with Crippen LogP contribution in [-0.4, -0.2) is 56.0 Å². The highest BCUT2D eigenvalue weighted by Gasteiger charge is 2.38. The lowest BCUT2D eigenvalue weighted by Gasteiger charge is -2.38. The van der Waals surface area contributed by atoms with Gasteiger partial charge in [-0.15, -0.1) is 0 Å². The van der Waals surface area contributed by atoms with Gasteiger partial charge in [0.1, 0.15) is 12.3 Å². The molecule has 156 valence electrons. The van der Waals surface area contributed by atoms with Crippen LogP contribution in [0.2, 0.25) is 0 Å². The van der Waals surface area contributed by atoms with E-state index in [4.69, 9.17) is 9.47 Å². The molecule has 2 aliphatic heterocycles. The molecule has 7 heteroatoms. The minimum Gasteiger partial charge on any atom is -0.497 e. The molecule has 2 aromatic rings. The van der Waals surface area contributed by atoms with Gasteiger partial charge >= 0.3 is 0 Å². The molecule has 0 unspecified atom stereocenters. The van der Waals surface area contributed by atoms with E-state index < -0.39 is 11.8 Å². The number of nitrogens with zero attached hydrogens (tertiary/aromatic N) is 1. The van der Waals surface area contributed by atoms with Crippen molar-refractivity contribution in [3.05, 3.63) is 65.2 Å². The van der Waals surface area contributed by atoms with Crippen LogP contribution in [0.3, 0.4) is 0 Å². The third-order valence-electron chi connectivity index (χ3n) is 5.96. The van der Waals surface area contributed by atoms with Crippen molar-refractivity contribution in [3.8, 4) is 5.75 Å². The summed E-state index contributed by atoms with van der Waals surface area (Å²) in [6.07, 6.45) is 1.54. The van der Waals surface area contributed by atoms with E-state index in [-0.39, 0.29) is 17.9 Å². The molecule has 1 N–H and O–H groups in total. The number of methoxy groups -OCH3 is 1. The number of carbonyl (C=O) groups excluding carboxylic acids is 3. The van der Waals surface area contributed by atoms with Crippen molar-refractivity contribution in [2.45, 2.75) is 18.3 Å². The molecule has 0 aliphatic carbocycles. The Balaban J connectivity index is 1.44. The van der Waals surface area contributed by atoms with Gasteiger partial charge in [-0.25, -0.2) is 0 Å². The Kier molecular flexibility index (Phi) is 5.55. The van der Waals surface area contributed by atoms with E-state index in [9.17, 15) is 14.4 Å². The molecule has 3 amide bonds. The summed E-state index contributed by atoms with van der Waals surface area (Å²) >= 11 is 0. The van der Waals surface area contributed by atoms with Gasteiger partial charge in [0, 0.05) is 25.2 Å². The first kappa shape index (κ1) is 20.1. The summed E-state index contributed by atoms with van der Waals surface area (Å²) in [5, 5.41) is 2.94. The first-order valence-corrected chi connectivity index (χ1v) is 9.98. The van der Waals surface area contributed by atoms with Gasteiger partial charge in [0.05, 0.1) is 18.2 Å². The normalized spacial score (nSPS) is 17.6. The molecule has 4 rings (SSSR count). The molecule has 0 aromatic heterocycles. The number of imide groups is 1. The van der Waals surface area contributed by atoms with E-state index in [1.54, 1.807) is 31.4 Å². The molecule has 0 bridgehead atoms. The number of hydrogen-bond donors (Lipinski definition) is 1. The zero-order valence-electron chi connectivity index (χ0n) is 16.8. The Morgan fingerprint density at radius 2 is 1.63 bits per heavy atom. The quantitative estimate of drug-likeness (QED) is 0.741. The third kappa shape index (κ3) is 3.68. The van der Waals surface area contributed by atoms with Gasteiger partial charge in [0.15, 0.2) is 0 Å². The highest BCUT2D eigenvalue weighted by Crippen LogP contribution is 2.35. The minimum absolute atomic E-state index is 0.262. The summed E-state index contributed by atoms with van der Waals surface area (Å²) < 4.78 is 10.8. The minimum atomic E-state index is -0.429. The van der Waals surface area contributed by atoms with Crippen LogP contribution in [-0.2, 0) is 14.9 Å². The molecule has 0 atom stereocenters. The van der Waals surface area contributed by atoms with E-state index in [2.05, 4.69) is 5.32 Å². The predicted octanol–water partition coefficient (Wildman–Crippen LogP) is 2.16. The van der Waals surface area contributed by atoms with Gasteiger partial charge in [0.2, 0.25) is 5.91 Å². The predicted molar refractivity (Wildman–Crippen MR) is 110 cm³/mol. The standard InChI is InChI=1S/C23H24N2O5/c1-29-17-8-6-16(7-9-17)23(10-12-30-13-11-23)15-24-20(26)14-25-21(27)18-4-2-3-5-19(18)22(25)28/h2-9H,10-15H2,1H3,(H,24,26). The van der Waals surface area contributed by atoms with E-state index in [1.165, 1.54) is 0 Å². The summed E-state index contributed by atoms with van der Waals surface area (Å²) in [4.78, 5) is 38.6. The van der Waals surface area contributed by atoms with Gasteiger partial charge in [-0.1, -0.05) is 24.3 Å². The number of ether oxygens (including phenoxy) is 2. The monoisotopic (exact) mass is 408 g/mol. The fourth-order valence-electron chi connectivity index (χ4n) is 4.12. The molecular formula is C23H24N2O5. The maximum atomic E-state index is 12.6. The van der Waals surface area contributed by atoms with Gasteiger partial charge in [-0.3, -0.25) is 19.3 Å². The molecule has 1 fully saturated rings. The SMILES string of the molecule is COc1ccc(C2(CNC(=O)CN3C(=O)c4ccccc4C3=O)CCOCC2)cc1. The van der Waals surface area contributed by atoms with Gasteiger partial charge in [-0.2, -0.15) is 0 Å². The second-order valence-electron chi connectivity index (χ2n) is 7.64. The molecule has 2 aliphatic rings. The fourth-order valence-corrected chi connectivity index (χ4v) is 4.12. The zero-order valence-corrected chi connectivity index (χ0v) is 16.8. The number of fused-ring (bicyclic) bond motifs is 1. The molecule has 7 nitrogen and oxygen atoms in total. The number of hydrogen-bond acceptors (Lipinski definition) is 5. The lowest BCUT2D eigenvalue weighted by Crippen LogP contribution is -2.47. The zero-order chi connectivity index (χ0) is 21.1. The Labute approximate surface area is 175 Å². The van der Waals surface area contributed by atoms with Crippen LogP contribution in [0.5, 0.6) is 5.75 Å². The summed E-state index contributed by atoms with van der Waals surface area (Å²) in [7, 11) is 1.62. The topological polar surface area (TPSA) is 84.9 Å². The molecule has 2 heterocycles. The van der Waals surface area contributed by atoms with E-state index >= 15 is 0 Å². The van der Waals surface area contributed by atoms with Crippen molar-refractivity contribution in [1.82, 2.24) is 10.2 Å². The van der Waals surface area contributed by atoms with Crippen LogP contribution in [0.4, 0.5) is 0 Å². The van der Waals surface area contributed by atoms with E-state index in [1.807, 2.05) is 24.3 Å². The van der Waals surface area contributed by atoms with E-state index in [0.29, 0.717) is 30.9 Å². The molecule has 2 aromatic carbocycles. The molecular weight excluding hydrogens is 384 g/mol. The lowest BCUT2D eigenvalue weighted by molar-refractivity contribution is -0.121. The first-order valence-electron chi connectivity index (χ1n) is 9.98. The molecule has 0 saturated carbocycles. The Morgan fingerprint density at radius 1 is 1.03 bits per heavy atom. The molecule has 1 saturated heterocycles. The van der Waals surface area contributed by atoms with Crippen LogP contribution in [0, 0.1) is 0 Å². The largest absolute Gasteiger partial charge is 0.497 e. The smallest absolute Gasteiger partial charge is 0.262 e. The molecule has 30 heavy (non-hydrogen) atoms. The number of benzene rings is 2. The fraction of sp³-hybridized carbons (Fsp3) is 0.348. The number of carbonyl (C=O) groups is 3. The average Bonchev–Trinajstić information content (AvgIpc) is 3.03. The Morgan fingerprint density at radius 3 is 2.20 bits per heavy atom. The maximum Gasteiger partial charge on any atom is 0.262 e. The summed E-state index contributed by atoms with van der Waals surface area (Å²) in [5.41, 5.74) is 1.53. The highest BCUT2D eigenvalue weighted by atomic mass is 16.5. The van der Waals surface area contributed by atoms with Crippen LogP contribution in [0.25, 0.3) is 0 Å². The van der Waals surface area contributed by atoms with Crippen LogP contribution < -0.4 is 10.1 Å². The van der Waals surface area contributed by atoms with Crippen molar-refractivity contribution >= 4 is 17.7 Å². The van der Waals surface area contributed by atoms with Gasteiger partial charge < -0.3 is 14.8 Å². The Hall–Kier alpha value is -3.19. The Bertz CT molecular complexity index is 929. The average molecular weight is 408 g/mol. The molecule has 0 radical (unpaired) electrons. The summed E-state index contributed by atoms with van der Waals surface area (Å²) in [6.45, 7) is 1.34. The lowest BCUT2D eigenvalue weighted by atomic mass is 9.74. The van der Waals surface area contributed by atoms with Crippen molar-refractivity contribution in [1.29, 1.82) is 0 Å². The number of amides is 3.